The Hall–Kier alpha value is -1.20. The van der Waals surface area contributed by atoms with E-state index in [4.69, 9.17) is 17.3 Å². The van der Waals surface area contributed by atoms with Gasteiger partial charge in [-0.2, -0.15) is 0 Å². The fourth-order valence-corrected chi connectivity index (χ4v) is 1.97. The second-order valence-electron chi connectivity index (χ2n) is 2.67. The van der Waals surface area contributed by atoms with Crippen LogP contribution in [-0.4, -0.2) is 15.0 Å². The van der Waals surface area contributed by atoms with E-state index in [0.29, 0.717) is 10.8 Å². The number of rotatable bonds is 1. The standard InChI is InChI=1S/C8H7ClN4S/c1-4-6(13-8(10)14-4)5-2-3-11-7(9)12-5/h2-3H,1H3,(H2,10,13). The zero-order chi connectivity index (χ0) is 10.1. The Balaban J connectivity index is 2.54. The van der Waals surface area contributed by atoms with Crippen LogP contribution in [0.15, 0.2) is 12.3 Å². The third-order valence-electron chi connectivity index (χ3n) is 1.68. The van der Waals surface area contributed by atoms with Crippen LogP contribution in [0.1, 0.15) is 4.88 Å². The zero-order valence-electron chi connectivity index (χ0n) is 7.36. The summed E-state index contributed by atoms with van der Waals surface area (Å²) in [6.07, 6.45) is 1.60. The molecule has 0 bridgehead atoms. The number of halogens is 1. The molecular weight excluding hydrogens is 220 g/mol. The normalized spacial score (nSPS) is 10.4. The molecule has 72 valence electrons. The Labute approximate surface area is 89.8 Å². The number of nitrogen functional groups attached to an aromatic ring is 1. The van der Waals surface area contributed by atoms with E-state index in [9.17, 15) is 0 Å². The number of thiazole rings is 1. The van der Waals surface area contributed by atoms with Crippen LogP contribution in [0.4, 0.5) is 5.13 Å². The second kappa shape index (κ2) is 3.51. The highest BCUT2D eigenvalue weighted by Gasteiger charge is 2.09. The fraction of sp³-hybridized carbons (Fsp3) is 0.125. The summed E-state index contributed by atoms with van der Waals surface area (Å²) >= 11 is 7.11. The summed E-state index contributed by atoms with van der Waals surface area (Å²) in [5, 5.41) is 0.751. The van der Waals surface area contributed by atoms with E-state index >= 15 is 0 Å². The molecule has 14 heavy (non-hydrogen) atoms. The molecule has 6 heteroatoms. The van der Waals surface area contributed by atoms with Gasteiger partial charge in [-0.3, -0.25) is 0 Å². The molecule has 2 heterocycles. The highest BCUT2D eigenvalue weighted by molar-refractivity contribution is 7.15. The van der Waals surface area contributed by atoms with E-state index < -0.39 is 0 Å². The van der Waals surface area contributed by atoms with Gasteiger partial charge >= 0.3 is 0 Å². The topological polar surface area (TPSA) is 64.7 Å². The molecule has 0 amide bonds. The van der Waals surface area contributed by atoms with Crippen molar-refractivity contribution in [3.8, 4) is 11.4 Å². The smallest absolute Gasteiger partial charge is 0.222 e. The molecule has 0 radical (unpaired) electrons. The number of aromatic nitrogens is 3. The van der Waals surface area contributed by atoms with Crippen molar-refractivity contribution in [1.82, 2.24) is 15.0 Å². The van der Waals surface area contributed by atoms with Crippen molar-refractivity contribution in [1.29, 1.82) is 0 Å². The average molecular weight is 227 g/mol. The molecule has 0 aromatic carbocycles. The lowest BCUT2D eigenvalue weighted by Crippen LogP contribution is -1.89. The molecule has 2 N–H and O–H groups in total. The fourth-order valence-electron chi connectivity index (χ4n) is 1.12. The minimum Gasteiger partial charge on any atom is -0.375 e. The van der Waals surface area contributed by atoms with Crippen LogP contribution >= 0.6 is 22.9 Å². The van der Waals surface area contributed by atoms with Crippen molar-refractivity contribution in [3.05, 3.63) is 22.4 Å². The van der Waals surface area contributed by atoms with Crippen LogP contribution in [0, 0.1) is 6.92 Å². The van der Waals surface area contributed by atoms with Crippen LogP contribution in [0.5, 0.6) is 0 Å². The summed E-state index contributed by atoms with van der Waals surface area (Å²) in [5.74, 6) is 0. The van der Waals surface area contributed by atoms with Gasteiger partial charge in [0, 0.05) is 11.1 Å². The van der Waals surface area contributed by atoms with Crippen LogP contribution in [0.2, 0.25) is 5.28 Å². The van der Waals surface area contributed by atoms with Gasteiger partial charge in [0.05, 0.1) is 5.69 Å². The molecule has 0 saturated carbocycles. The van der Waals surface area contributed by atoms with Gasteiger partial charge < -0.3 is 5.73 Å². The first-order valence-electron chi connectivity index (χ1n) is 3.88. The SMILES string of the molecule is Cc1sc(N)nc1-c1ccnc(Cl)n1. The maximum atomic E-state index is 5.68. The second-order valence-corrected chi connectivity index (χ2v) is 4.24. The highest BCUT2D eigenvalue weighted by Crippen LogP contribution is 2.27. The van der Waals surface area contributed by atoms with Crippen LogP contribution in [-0.2, 0) is 0 Å². The quantitative estimate of drug-likeness (QED) is 0.757. The molecule has 0 saturated heterocycles. The first-order valence-corrected chi connectivity index (χ1v) is 5.08. The third kappa shape index (κ3) is 1.69. The lowest BCUT2D eigenvalue weighted by molar-refractivity contribution is 1.16. The van der Waals surface area contributed by atoms with E-state index in [-0.39, 0.29) is 5.28 Å². The summed E-state index contributed by atoms with van der Waals surface area (Å²) in [6, 6.07) is 1.76. The predicted molar refractivity (Wildman–Crippen MR) is 57.3 cm³/mol. The van der Waals surface area contributed by atoms with Gasteiger partial charge in [-0.05, 0) is 24.6 Å². The maximum absolute atomic E-state index is 5.68. The van der Waals surface area contributed by atoms with E-state index in [1.165, 1.54) is 11.3 Å². The molecule has 0 aliphatic heterocycles. The first-order chi connectivity index (χ1) is 6.66. The summed E-state index contributed by atoms with van der Waals surface area (Å²) < 4.78 is 0. The van der Waals surface area contributed by atoms with Crippen LogP contribution < -0.4 is 5.73 Å². The number of nitrogens with zero attached hydrogens (tertiary/aromatic N) is 3. The number of aryl methyl sites for hydroxylation is 1. The monoisotopic (exact) mass is 226 g/mol. The minimum absolute atomic E-state index is 0.216. The summed E-state index contributed by atoms with van der Waals surface area (Å²) in [6.45, 7) is 1.94. The molecule has 0 atom stereocenters. The zero-order valence-corrected chi connectivity index (χ0v) is 8.93. The first kappa shape index (κ1) is 9.36. The Morgan fingerprint density at radius 1 is 1.43 bits per heavy atom. The van der Waals surface area contributed by atoms with Gasteiger partial charge in [-0.1, -0.05) is 0 Å². The van der Waals surface area contributed by atoms with Crippen LogP contribution in [0.3, 0.4) is 0 Å². The van der Waals surface area contributed by atoms with E-state index in [1.54, 1.807) is 12.3 Å². The van der Waals surface area contributed by atoms with Crippen molar-refractivity contribution in [2.75, 3.05) is 5.73 Å². The molecule has 0 spiro atoms. The Morgan fingerprint density at radius 2 is 2.21 bits per heavy atom. The molecular formula is C8H7ClN4S. The number of anilines is 1. The Morgan fingerprint density at radius 3 is 2.79 bits per heavy atom. The van der Waals surface area contributed by atoms with Gasteiger partial charge in [0.25, 0.3) is 0 Å². The molecule has 0 aliphatic carbocycles. The van der Waals surface area contributed by atoms with Crippen molar-refractivity contribution in [2.45, 2.75) is 6.92 Å². The number of hydrogen-bond acceptors (Lipinski definition) is 5. The van der Waals surface area contributed by atoms with E-state index in [0.717, 1.165) is 10.6 Å². The summed E-state index contributed by atoms with van der Waals surface area (Å²) in [5.41, 5.74) is 7.06. The lowest BCUT2D eigenvalue weighted by Gasteiger charge is -1.96. The maximum Gasteiger partial charge on any atom is 0.222 e. The van der Waals surface area contributed by atoms with Crippen molar-refractivity contribution < 1.29 is 0 Å². The van der Waals surface area contributed by atoms with Gasteiger partial charge in [-0.25, -0.2) is 15.0 Å². The van der Waals surface area contributed by atoms with Crippen molar-refractivity contribution >= 4 is 28.1 Å². The molecule has 2 rings (SSSR count). The number of hydrogen-bond donors (Lipinski definition) is 1. The minimum atomic E-state index is 0.216. The predicted octanol–water partition coefficient (Wildman–Crippen LogP) is 2.14. The molecule has 0 aliphatic rings. The molecule has 4 nitrogen and oxygen atoms in total. The molecule has 0 fully saturated rings. The summed E-state index contributed by atoms with van der Waals surface area (Å²) in [4.78, 5) is 13.1. The number of nitrogens with two attached hydrogens (primary N) is 1. The average Bonchev–Trinajstić information content (AvgIpc) is 2.45. The van der Waals surface area contributed by atoms with Crippen LogP contribution in [0.25, 0.3) is 11.4 Å². The molecule has 2 aromatic heterocycles. The third-order valence-corrected chi connectivity index (χ3v) is 2.66. The van der Waals surface area contributed by atoms with E-state index in [1.807, 2.05) is 6.92 Å². The summed E-state index contributed by atoms with van der Waals surface area (Å²) in [7, 11) is 0. The largest absolute Gasteiger partial charge is 0.375 e. The lowest BCUT2D eigenvalue weighted by atomic mass is 10.3. The van der Waals surface area contributed by atoms with E-state index in [2.05, 4.69) is 15.0 Å². The Bertz CT molecular complexity index is 468. The van der Waals surface area contributed by atoms with Gasteiger partial charge in [0.1, 0.15) is 5.69 Å². The van der Waals surface area contributed by atoms with Gasteiger partial charge in [-0.15, -0.1) is 11.3 Å². The van der Waals surface area contributed by atoms with Crippen molar-refractivity contribution in [2.24, 2.45) is 0 Å². The Kier molecular flexibility index (Phi) is 2.35. The highest BCUT2D eigenvalue weighted by atomic mass is 35.5. The molecule has 2 aromatic rings. The molecule has 0 unspecified atom stereocenters. The van der Waals surface area contributed by atoms with Crippen molar-refractivity contribution in [3.63, 3.8) is 0 Å². The van der Waals surface area contributed by atoms with Gasteiger partial charge in [0.15, 0.2) is 5.13 Å². The van der Waals surface area contributed by atoms with Gasteiger partial charge in [0.2, 0.25) is 5.28 Å².